The minimum absolute atomic E-state index is 0.135. The molecule has 0 saturated heterocycles. The molecule has 6 heteroatoms. The highest BCUT2D eigenvalue weighted by Gasteiger charge is 2.07. The summed E-state index contributed by atoms with van der Waals surface area (Å²) in [5.41, 5.74) is 2.27. The van der Waals surface area contributed by atoms with E-state index < -0.39 is 0 Å². The van der Waals surface area contributed by atoms with Gasteiger partial charge in [-0.1, -0.05) is 44.7 Å². The van der Waals surface area contributed by atoms with E-state index >= 15 is 0 Å². The lowest BCUT2D eigenvalue weighted by atomic mass is 10.1. The average molecular weight is 312 g/mol. The molecule has 17 heavy (non-hydrogen) atoms. The van der Waals surface area contributed by atoms with Crippen LogP contribution < -0.4 is 5.32 Å². The predicted molar refractivity (Wildman–Crippen MR) is 70.2 cm³/mol. The normalized spacial score (nSPS) is 10.2. The van der Waals surface area contributed by atoms with Crippen LogP contribution >= 0.6 is 27.5 Å². The smallest absolute Gasteiger partial charge is 0.264 e. The molecule has 0 unspecified atom stereocenters. The Morgan fingerprint density at radius 1 is 1.41 bits per heavy atom. The van der Waals surface area contributed by atoms with Crippen LogP contribution in [0, 0.1) is 0 Å². The first kappa shape index (κ1) is 12.2. The maximum Gasteiger partial charge on any atom is 0.264 e. The Morgan fingerprint density at radius 3 is 2.94 bits per heavy atom. The van der Waals surface area contributed by atoms with Gasteiger partial charge in [0, 0.05) is 11.9 Å². The molecule has 1 heterocycles. The van der Waals surface area contributed by atoms with Gasteiger partial charge in [-0.2, -0.15) is 0 Å². The zero-order valence-corrected chi connectivity index (χ0v) is 11.3. The number of nitrogens with one attached hydrogen (secondary N) is 1. The second-order valence-electron chi connectivity index (χ2n) is 3.42. The molecule has 0 aliphatic heterocycles. The Labute approximate surface area is 111 Å². The number of carbonyl (C=O) groups is 1. The molecule has 0 aliphatic carbocycles. The van der Waals surface area contributed by atoms with E-state index in [9.17, 15) is 4.79 Å². The Bertz CT molecular complexity index is 501. The van der Waals surface area contributed by atoms with Crippen molar-refractivity contribution in [3.8, 4) is 0 Å². The summed E-state index contributed by atoms with van der Waals surface area (Å²) in [5, 5.41) is 7.27. The average Bonchev–Trinajstić information content (AvgIpc) is 2.90. The maximum atomic E-state index is 11.6. The van der Waals surface area contributed by atoms with Gasteiger partial charge in [0.05, 0.1) is 6.20 Å². The van der Waals surface area contributed by atoms with Crippen LogP contribution in [0.2, 0.25) is 0 Å². The van der Waals surface area contributed by atoms with Crippen LogP contribution in [0.15, 0.2) is 30.5 Å². The van der Waals surface area contributed by atoms with Crippen LogP contribution in [0.4, 0.5) is 0 Å². The molecule has 0 radical (unpaired) electrons. The highest BCUT2D eigenvalue weighted by molar-refractivity contribution is 9.08. The molecule has 1 amide bonds. The molecule has 0 bridgehead atoms. The van der Waals surface area contributed by atoms with Crippen LogP contribution in [0.5, 0.6) is 0 Å². The van der Waals surface area contributed by atoms with E-state index in [0.717, 1.165) is 22.4 Å². The van der Waals surface area contributed by atoms with Crippen LogP contribution in [-0.2, 0) is 11.9 Å². The van der Waals surface area contributed by atoms with Gasteiger partial charge < -0.3 is 5.32 Å². The fraction of sp³-hybridized carbons (Fsp3) is 0.182. The van der Waals surface area contributed by atoms with Crippen LogP contribution in [0.3, 0.4) is 0 Å². The van der Waals surface area contributed by atoms with Gasteiger partial charge in [-0.05, 0) is 22.7 Å². The van der Waals surface area contributed by atoms with Crippen molar-refractivity contribution in [1.29, 1.82) is 0 Å². The van der Waals surface area contributed by atoms with Gasteiger partial charge in [-0.3, -0.25) is 4.79 Å². The molecule has 0 atom stereocenters. The largest absolute Gasteiger partial charge is 0.347 e. The number of alkyl halides is 1. The number of hydrogen-bond acceptors (Lipinski definition) is 4. The summed E-state index contributed by atoms with van der Waals surface area (Å²) in [6.07, 6.45) is 1.47. The number of hydrogen-bond donors (Lipinski definition) is 1. The van der Waals surface area contributed by atoms with E-state index in [1.54, 1.807) is 0 Å². The van der Waals surface area contributed by atoms with Gasteiger partial charge in [0.2, 0.25) is 0 Å². The molecule has 2 aromatic rings. The van der Waals surface area contributed by atoms with Gasteiger partial charge in [-0.15, -0.1) is 5.10 Å². The second kappa shape index (κ2) is 5.88. The monoisotopic (exact) mass is 311 g/mol. The van der Waals surface area contributed by atoms with E-state index in [0.29, 0.717) is 11.4 Å². The third kappa shape index (κ3) is 3.34. The fourth-order valence-electron chi connectivity index (χ4n) is 1.36. The van der Waals surface area contributed by atoms with Crippen LogP contribution in [0.1, 0.15) is 20.8 Å². The van der Waals surface area contributed by atoms with Crippen LogP contribution in [-0.4, -0.2) is 15.5 Å². The molecular weight excluding hydrogens is 302 g/mol. The predicted octanol–water partition coefficient (Wildman–Crippen LogP) is 2.36. The summed E-state index contributed by atoms with van der Waals surface area (Å²) in [6, 6.07) is 8.05. The quantitative estimate of drug-likeness (QED) is 0.882. The third-order valence-corrected chi connectivity index (χ3v) is 3.49. The van der Waals surface area contributed by atoms with E-state index in [2.05, 4.69) is 36.9 Å². The fourth-order valence-corrected chi connectivity index (χ4v) is 2.14. The molecule has 1 aromatic heterocycles. The summed E-state index contributed by atoms with van der Waals surface area (Å²) in [5.74, 6) is -0.135. The molecule has 4 nitrogen and oxygen atoms in total. The zero-order chi connectivity index (χ0) is 12.1. The number of amides is 1. The number of rotatable bonds is 4. The number of carbonyl (C=O) groups excluding carboxylic acids is 1. The van der Waals surface area contributed by atoms with Crippen molar-refractivity contribution in [2.45, 2.75) is 11.9 Å². The molecule has 2 rings (SSSR count). The van der Waals surface area contributed by atoms with Crippen molar-refractivity contribution in [3.63, 3.8) is 0 Å². The van der Waals surface area contributed by atoms with Gasteiger partial charge in [0.15, 0.2) is 0 Å². The lowest BCUT2D eigenvalue weighted by molar-refractivity contribution is 0.0955. The van der Waals surface area contributed by atoms with Gasteiger partial charge in [0.1, 0.15) is 4.88 Å². The van der Waals surface area contributed by atoms with Crippen molar-refractivity contribution in [2.24, 2.45) is 0 Å². The molecule has 0 spiro atoms. The minimum atomic E-state index is -0.135. The molecule has 0 saturated carbocycles. The lowest BCUT2D eigenvalue weighted by Crippen LogP contribution is -2.21. The van der Waals surface area contributed by atoms with Crippen molar-refractivity contribution in [1.82, 2.24) is 14.9 Å². The first-order valence-corrected chi connectivity index (χ1v) is 6.88. The number of aromatic nitrogens is 2. The Kier molecular flexibility index (Phi) is 4.22. The maximum absolute atomic E-state index is 11.6. The number of benzene rings is 1. The van der Waals surface area contributed by atoms with E-state index in [4.69, 9.17) is 0 Å². The highest BCUT2D eigenvalue weighted by atomic mass is 79.9. The first-order valence-electron chi connectivity index (χ1n) is 4.99. The topological polar surface area (TPSA) is 54.9 Å². The second-order valence-corrected chi connectivity index (χ2v) is 4.76. The summed E-state index contributed by atoms with van der Waals surface area (Å²) in [6.45, 7) is 0.511. The van der Waals surface area contributed by atoms with Crippen molar-refractivity contribution in [2.75, 3.05) is 0 Å². The van der Waals surface area contributed by atoms with Crippen molar-refractivity contribution >= 4 is 33.4 Å². The molecule has 1 N–H and O–H groups in total. The molecule has 0 fully saturated rings. The SMILES string of the molecule is O=C(NCc1cccc(CBr)c1)c1cnns1. The van der Waals surface area contributed by atoms with E-state index in [1.165, 1.54) is 11.8 Å². The number of halogens is 1. The summed E-state index contributed by atoms with van der Waals surface area (Å²) in [4.78, 5) is 12.2. The molecule has 88 valence electrons. The standard InChI is InChI=1S/C11H10BrN3OS/c12-5-8-2-1-3-9(4-8)6-13-11(16)10-7-14-15-17-10/h1-4,7H,5-6H2,(H,13,16). The Hall–Kier alpha value is -1.27. The Morgan fingerprint density at radius 2 is 2.24 bits per heavy atom. The third-order valence-electron chi connectivity index (χ3n) is 2.18. The molecular formula is C11H10BrN3OS. The van der Waals surface area contributed by atoms with Gasteiger partial charge in [0.25, 0.3) is 5.91 Å². The zero-order valence-electron chi connectivity index (χ0n) is 8.89. The van der Waals surface area contributed by atoms with Gasteiger partial charge in [-0.25, -0.2) is 0 Å². The van der Waals surface area contributed by atoms with E-state index in [-0.39, 0.29) is 5.91 Å². The summed E-state index contributed by atoms with van der Waals surface area (Å²) < 4.78 is 3.65. The summed E-state index contributed by atoms with van der Waals surface area (Å²) >= 11 is 4.49. The molecule has 1 aromatic carbocycles. The van der Waals surface area contributed by atoms with Crippen molar-refractivity contribution < 1.29 is 4.79 Å². The van der Waals surface area contributed by atoms with Crippen LogP contribution in [0.25, 0.3) is 0 Å². The number of nitrogens with zero attached hydrogens (tertiary/aromatic N) is 2. The van der Waals surface area contributed by atoms with Crippen molar-refractivity contribution in [3.05, 3.63) is 46.5 Å². The highest BCUT2D eigenvalue weighted by Crippen LogP contribution is 2.09. The lowest BCUT2D eigenvalue weighted by Gasteiger charge is -2.04. The summed E-state index contributed by atoms with van der Waals surface area (Å²) in [7, 11) is 0. The van der Waals surface area contributed by atoms with E-state index in [1.807, 2.05) is 18.2 Å². The Balaban J connectivity index is 1.95. The molecule has 0 aliphatic rings. The van der Waals surface area contributed by atoms with Gasteiger partial charge >= 0.3 is 0 Å². The minimum Gasteiger partial charge on any atom is -0.347 e. The first-order chi connectivity index (χ1) is 8.29.